The van der Waals surface area contributed by atoms with Gasteiger partial charge in [0.05, 0.1) is 11.4 Å². The molecule has 0 saturated heterocycles. The normalized spacial score (nSPS) is 12.1. The van der Waals surface area contributed by atoms with Crippen molar-refractivity contribution in [3.8, 4) is 0 Å². The molecule has 4 rings (SSSR count). The summed E-state index contributed by atoms with van der Waals surface area (Å²) >= 11 is 0. The number of benzene rings is 2. The number of carbonyl (C=O) groups is 2. The fourth-order valence-electron chi connectivity index (χ4n) is 3.14. The topological polar surface area (TPSA) is 98.8 Å². The maximum absolute atomic E-state index is 12.2. The second kappa shape index (κ2) is 7.87. The van der Waals surface area contributed by atoms with Gasteiger partial charge in [0.1, 0.15) is 16.9 Å². The summed E-state index contributed by atoms with van der Waals surface area (Å²) in [6.45, 7) is 3.10. The lowest BCUT2D eigenvalue weighted by atomic mass is 10.1. The zero-order chi connectivity index (χ0) is 21.3. The highest BCUT2D eigenvalue weighted by molar-refractivity contribution is 5.91. The summed E-state index contributed by atoms with van der Waals surface area (Å²) in [6.07, 6.45) is 0. The molecule has 2 aromatic carbocycles. The fourth-order valence-corrected chi connectivity index (χ4v) is 3.14. The van der Waals surface area contributed by atoms with Crippen molar-refractivity contribution in [2.75, 3.05) is 6.61 Å². The van der Waals surface area contributed by atoms with Gasteiger partial charge < -0.3 is 18.9 Å². The van der Waals surface area contributed by atoms with Crippen molar-refractivity contribution in [2.24, 2.45) is 0 Å². The molecular formula is C23H19NO6. The average molecular weight is 405 g/mol. The number of esters is 1. The number of para-hydroxylation sites is 1. The smallest absolute Gasteiger partial charge is 0.374 e. The predicted octanol–water partition coefficient (Wildman–Crippen LogP) is 3.88. The number of hydrogen-bond acceptors (Lipinski definition) is 6. The lowest BCUT2D eigenvalue weighted by Gasteiger charge is -2.11. The number of aryl methyl sites for hydroxylation is 1. The van der Waals surface area contributed by atoms with Gasteiger partial charge in [-0.1, -0.05) is 29.8 Å². The van der Waals surface area contributed by atoms with E-state index >= 15 is 0 Å². The van der Waals surface area contributed by atoms with Crippen LogP contribution in [0.4, 0.5) is 0 Å². The van der Waals surface area contributed by atoms with Gasteiger partial charge in [0.2, 0.25) is 5.76 Å². The largest absolute Gasteiger partial charge is 0.459 e. The SMILES string of the molecule is Cc1ccc2oc(C(=O)OCC(=O)N[C@@H](C)c3cc4ccccc4o3)cc(=O)c2c1. The van der Waals surface area contributed by atoms with Crippen LogP contribution in [-0.4, -0.2) is 18.5 Å². The molecule has 2 heterocycles. The standard InChI is InChI=1S/C23H19NO6/c1-13-7-8-19-16(9-13)17(25)11-21(30-19)23(27)28-12-22(26)24-14(2)20-10-15-5-3-4-6-18(15)29-20/h3-11,14H,12H2,1-2H3,(H,24,26)/t14-/m0/s1. The number of nitrogens with one attached hydrogen (secondary N) is 1. The summed E-state index contributed by atoms with van der Waals surface area (Å²) in [7, 11) is 0. The molecule has 0 radical (unpaired) electrons. The van der Waals surface area contributed by atoms with Gasteiger partial charge in [0.25, 0.3) is 5.91 Å². The fraction of sp³-hybridized carbons (Fsp3) is 0.174. The van der Waals surface area contributed by atoms with Crippen LogP contribution in [0.5, 0.6) is 0 Å². The minimum atomic E-state index is -0.888. The zero-order valence-electron chi connectivity index (χ0n) is 16.4. The van der Waals surface area contributed by atoms with Gasteiger partial charge in [-0.3, -0.25) is 9.59 Å². The van der Waals surface area contributed by atoms with Gasteiger partial charge in [0.15, 0.2) is 12.0 Å². The third-order valence-corrected chi connectivity index (χ3v) is 4.67. The first kappa shape index (κ1) is 19.4. The van der Waals surface area contributed by atoms with Gasteiger partial charge in [-0.05, 0) is 38.1 Å². The van der Waals surface area contributed by atoms with Gasteiger partial charge in [-0.2, -0.15) is 0 Å². The third-order valence-electron chi connectivity index (χ3n) is 4.67. The van der Waals surface area contributed by atoms with E-state index in [1.807, 2.05) is 37.3 Å². The van der Waals surface area contributed by atoms with E-state index in [-0.39, 0.29) is 16.8 Å². The van der Waals surface area contributed by atoms with Gasteiger partial charge in [0, 0.05) is 11.5 Å². The van der Waals surface area contributed by atoms with E-state index < -0.39 is 24.5 Å². The van der Waals surface area contributed by atoms with E-state index in [9.17, 15) is 14.4 Å². The van der Waals surface area contributed by atoms with Crippen molar-refractivity contribution in [2.45, 2.75) is 19.9 Å². The Morgan fingerprint density at radius 1 is 1.03 bits per heavy atom. The molecule has 7 heteroatoms. The lowest BCUT2D eigenvalue weighted by molar-refractivity contribution is -0.125. The molecule has 0 unspecified atom stereocenters. The molecule has 152 valence electrons. The van der Waals surface area contributed by atoms with Crippen LogP contribution in [-0.2, 0) is 9.53 Å². The third kappa shape index (κ3) is 3.96. The molecule has 0 spiro atoms. The second-order valence-electron chi connectivity index (χ2n) is 7.03. The highest BCUT2D eigenvalue weighted by atomic mass is 16.5. The van der Waals surface area contributed by atoms with Crippen molar-refractivity contribution in [1.29, 1.82) is 0 Å². The highest BCUT2D eigenvalue weighted by Gasteiger charge is 2.18. The maximum atomic E-state index is 12.2. The highest BCUT2D eigenvalue weighted by Crippen LogP contribution is 2.23. The number of ether oxygens (including phenoxy) is 1. The van der Waals surface area contributed by atoms with Crippen LogP contribution in [0.1, 0.15) is 34.8 Å². The first-order valence-corrected chi connectivity index (χ1v) is 9.40. The molecule has 2 aromatic heterocycles. The van der Waals surface area contributed by atoms with Crippen LogP contribution in [0.25, 0.3) is 21.9 Å². The van der Waals surface area contributed by atoms with Gasteiger partial charge in [-0.25, -0.2) is 4.79 Å². The summed E-state index contributed by atoms with van der Waals surface area (Å²) in [5, 5.41) is 4.02. The number of carbonyl (C=O) groups excluding carboxylic acids is 2. The van der Waals surface area contributed by atoms with Crippen molar-refractivity contribution < 1.29 is 23.2 Å². The molecule has 4 aromatic rings. The molecule has 0 fully saturated rings. The molecule has 1 amide bonds. The summed E-state index contributed by atoms with van der Waals surface area (Å²) in [5.74, 6) is -1.06. The number of fused-ring (bicyclic) bond motifs is 2. The molecular weight excluding hydrogens is 386 g/mol. The van der Waals surface area contributed by atoms with Crippen molar-refractivity contribution >= 4 is 33.8 Å². The van der Waals surface area contributed by atoms with Crippen molar-refractivity contribution in [3.63, 3.8) is 0 Å². The Kier molecular flexibility index (Phi) is 5.10. The molecule has 0 aliphatic carbocycles. The Morgan fingerprint density at radius 3 is 2.63 bits per heavy atom. The monoisotopic (exact) mass is 405 g/mol. The summed E-state index contributed by atoms with van der Waals surface area (Å²) in [6, 6.07) is 15.1. The van der Waals surface area contributed by atoms with Crippen molar-refractivity contribution in [3.05, 3.63) is 81.9 Å². The Labute approximate surface area is 171 Å². The minimum Gasteiger partial charge on any atom is -0.459 e. The summed E-state index contributed by atoms with van der Waals surface area (Å²) < 4.78 is 16.2. The maximum Gasteiger partial charge on any atom is 0.374 e. The second-order valence-corrected chi connectivity index (χ2v) is 7.03. The number of hydrogen-bond donors (Lipinski definition) is 1. The van der Waals surface area contributed by atoms with Crippen LogP contribution >= 0.6 is 0 Å². The van der Waals surface area contributed by atoms with Crippen molar-refractivity contribution in [1.82, 2.24) is 5.32 Å². The Hall–Kier alpha value is -3.87. The van der Waals surface area contributed by atoms with Crippen LogP contribution in [0.2, 0.25) is 0 Å². The molecule has 30 heavy (non-hydrogen) atoms. The van der Waals surface area contributed by atoms with Crippen LogP contribution in [0.3, 0.4) is 0 Å². The first-order valence-electron chi connectivity index (χ1n) is 9.40. The van der Waals surface area contributed by atoms with E-state index in [2.05, 4.69) is 5.32 Å². The zero-order valence-corrected chi connectivity index (χ0v) is 16.4. The Balaban J connectivity index is 1.39. The Bertz CT molecular complexity index is 1280. The minimum absolute atomic E-state index is 0.255. The van der Waals surface area contributed by atoms with Gasteiger partial charge in [-0.15, -0.1) is 0 Å². The quantitative estimate of drug-likeness (QED) is 0.506. The molecule has 0 aliphatic heterocycles. The molecule has 1 atom stereocenters. The summed E-state index contributed by atoms with van der Waals surface area (Å²) in [5.41, 5.74) is 1.56. The lowest BCUT2D eigenvalue weighted by Crippen LogP contribution is -2.31. The Morgan fingerprint density at radius 2 is 1.83 bits per heavy atom. The first-order chi connectivity index (χ1) is 14.4. The average Bonchev–Trinajstić information content (AvgIpc) is 3.17. The van der Waals surface area contributed by atoms with Gasteiger partial charge >= 0.3 is 5.97 Å². The molecule has 0 bridgehead atoms. The van der Waals surface area contributed by atoms with E-state index in [1.54, 1.807) is 25.1 Å². The number of furan rings is 1. The summed E-state index contributed by atoms with van der Waals surface area (Å²) in [4.78, 5) is 36.6. The molecule has 1 N–H and O–H groups in total. The van der Waals surface area contributed by atoms with E-state index in [0.717, 1.165) is 22.6 Å². The van der Waals surface area contributed by atoms with E-state index in [4.69, 9.17) is 13.6 Å². The van der Waals surface area contributed by atoms with Crippen LogP contribution in [0.15, 0.2) is 68.2 Å². The molecule has 0 aliphatic rings. The predicted molar refractivity (Wildman–Crippen MR) is 110 cm³/mol. The van der Waals surface area contributed by atoms with E-state index in [0.29, 0.717) is 11.1 Å². The number of amides is 1. The van der Waals surface area contributed by atoms with Crippen LogP contribution in [0, 0.1) is 6.92 Å². The molecule has 0 saturated carbocycles. The number of rotatable bonds is 5. The van der Waals surface area contributed by atoms with E-state index in [1.165, 1.54) is 0 Å². The van der Waals surface area contributed by atoms with Crippen LogP contribution < -0.4 is 10.7 Å². The molecule has 7 nitrogen and oxygen atoms in total.